The van der Waals surface area contributed by atoms with Crippen LogP contribution >= 0.6 is 0 Å². The molecule has 0 amide bonds. The Balaban J connectivity index is 3.13. The molecule has 0 radical (unpaired) electrons. The number of hydrogen-bond donors (Lipinski definition) is 2. The number of methoxy groups -OCH3 is 1. The number of aromatic hydroxyl groups is 1. The summed E-state index contributed by atoms with van der Waals surface area (Å²) in [6, 6.07) is 4.83. The summed E-state index contributed by atoms with van der Waals surface area (Å²) >= 11 is 0. The maximum Gasteiger partial charge on any atom is 0.125 e. The van der Waals surface area contributed by atoms with Crippen molar-refractivity contribution < 1.29 is 14.9 Å². The molecule has 0 aliphatic carbocycles. The lowest BCUT2D eigenvalue weighted by Crippen LogP contribution is -2.15. The van der Waals surface area contributed by atoms with E-state index >= 15 is 0 Å². The lowest BCUT2D eigenvalue weighted by molar-refractivity contribution is 0.0757. The number of phenolic OH excluding ortho intramolecular Hbond substituents is 1. The summed E-state index contributed by atoms with van der Waals surface area (Å²) in [4.78, 5) is 0. The number of phenols is 1. The molecule has 13 heavy (non-hydrogen) atoms. The van der Waals surface area contributed by atoms with Gasteiger partial charge in [-0.2, -0.15) is 0 Å². The SMILES string of the molecule is COc1ccc(C(C)(C)O)c(O)c1. The van der Waals surface area contributed by atoms with Gasteiger partial charge in [-0.15, -0.1) is 0 Å². The van der Waals surface area contributed by atoms with Crippen molar-refractivity contribution in [3.05, 3.63) is 23.8 Å². The van der Waals surface area contributed by atoms with Crippen molar-refractivity contribution in [3.8, 4) is 11.5 Å². The second-order valence-corrected chi connectivity index (χ2v) is 3.44. The summed E-state index contributed by atoms with van der Waals surface area (Å²) in [6.07, 6.45) is 0. The molecule has 0 aromatic heterocycles. The van der Waals surface area contributed by atoms with E-state index in [-0.39, 0.29) is 5.75 Å². The molecule has 0 spiro atoms. The van der Waals surface area contributed by atoms with Gasteiger partial charge < -0.3 is 14.9 Å². The van der Waals surface area contributed by atoms with Crippen LogP contribution in [0.4, 0.5) is 0 Å². The third kappa shape index (κ3) is 2.12. The second kappa shape index (κ2) is 3.26. The van der Waals surface area contributed by atoms with Crippen molar-refractivity contribution in [2.75, 3.05) is 7.11 Å². The van der Waals surface area contributed by atoms with Gasteiger partial charge in [-0.1, -0.05) is 0 Å². The molecule has 0 aliphatic rings. The Bertz CT molecular complexity index is 300. The molecule has 1 aromatic rings. The lowest BCUT2D eigenvalue weighted by atomic mass is 9.97. The maximum atomic E-state index is 9.63. The van der Waals surface area contributed by atoms with Gasteiger partial charge in [0.1, 0.15) is 11.5 Å². The summed E-state index contributed by atoms with van der Waals surface area (Å²) in [5, 5.41) is 19.2. The molecule has 0 aliphatic heterocycles. The van der Waals surface area contributed by atoms with Crippen LogP contribution in [0.3, 0.4) is 0 Å². The molecule has 3 heteroatoms. The molecule has 0 bridgehead atoms. The molecular formula is C10H14O3. The van der Waals surface area contributed by atoms with Gasteiger partial charge in [-0.3, -0.25) is 0 Å². The summed E-state index contributed by atoms with van der Waals surface area (Å²) in [5.41, 5.74) is -0.538. The summed E-state index contributed by atoms with van der Waals surface area (Å²) < 4.78 is 4.92. The average molecular weight is 182 g/mol. The highest BCUT2D eigenvalue weighted by Crippen LogP contribution is 2.31. The molecule has 2 N–H and O–H groups in total. The van der Waals surface area contributed by atoms with Crippen LogP contribution < -0.4 is 4.74 Å². The van der Waals surface area contributed by atoms with E-state index in [1.165, 1.54) is 13.2 Å². The van der Waals surface area contributed by atoms with E-state index < -0.39 is 5.60 Å². The van der Waals surface area contributed by atoms with Crippen LogP contribution in [0.5, 0.6) is 11.5 Å². The summed E-state index contributed by atoms with van der Waals surface area (Å²) in [7, 11) is 1.53. The van der Waals surface area contributed by atoms with Gasteiger partial charge >= 0.3 is 0 Å². The zero-order chi connectivity index (χ0) is 10.1. The van der Waals surface area contributed by atoms with Gasteiger partial charge in [0.15, 0.2) is 0 Å². The Morgan fingerprint density at radius 1 is 1.31 bits per heavy atom. The van der Waals surface area contributed by atoms with E-state index in [0.29, 0.717) is 11.3 Å². The van der Waals surface area contributed by atoms with Gasteiger partial charge in [-0.25, -0.2) is 0 Å². The first-order chi connectivity index (χ1) is 5.95. The first-order valence-corrected chi connectivity index (χ1v) is 4.05. The van der Waals surface area contributed by atoms with E-state index in [0.717, 1.165) is 0 Å². The second-order valence-electron chi connectivity index (χ2n) is 3.44. The highest BCUT2D eigenvalue weighted by molar-refractivity contribution is 5.42. The summed E-state index contributed by atoms with van der Waals surface area (Å²) in [6.45, 7) is 3.24. The first kappa shape index (κ1) is 9.86. The van der Waals surface area contributed by atoms with Gasteiger partial charge in [-0.05, 0) is 26.0 Å². The van der Waals surface area contributed by atoms with Crippen molar-refractivity contribution in [3.63, 3.8) is 0 Å². The van der Waals surface area contributed by atoms with E-state index in [2.05, 4.69) is 0 Å². The van der Waals surface area contributed by atoms with Crippen molar-refractivity contribution in [2.24, 2.45) is 0 Å². The molecule has 72 valence electrons. The molecule has 0 unspecified atom stereocenters. The van der Waals surface area contributed by atoms with Gasteiger partial charge in [0.2, 0.25) is 0 Å². The van der Waals surface area contributed by atoms with Gasteiger partial charge in [0, 0.05) is 11.6 Å². The van der Waals surface area contributed by atoms with Crippen LogP contribution in [-0.4, -0.2) is 17.3 Å². The zero-order valence-corrected chi connectivity index (χ0v) is 8.03. The summed E-state index contributed by atoms with van der Waals surface area (Å²) in [5.74, 6) is 0.623. The van der Waals surface area contributed by atoms with Crippen molar-refractivity contribution in [2.45, 2.75) is 19.4 Å². The van der Waals surface area contributed by atoms with Crippen LogP contribution in [-0.2, 0) is 5.60 Å². The van der Waals surface area contributed by atoms with E-state index in [4.69, 9.17) is 4.74 Å². The molecular weight excluding hydrogens is 168 g/mol. The quantitative estimate of drug-likeness (QED) is 0.730. The third-order valence-electron chi connectivity index (χ3n) is 1.86. The molecule has 0 saturated carbocycles. The van der Waals surface area contributed by atoms with Gasteiger partial charge in [0.05, 0.1) is 12.7 Å². The van der Waals surface area contributed by atoms with Crippen molar-refractivity contribution >= 4 is 0 Å². The molecule has 1 aromatic carbocycles. The number of benzene rings is 1. The highest BCUT2D eigenvalue weighted by Gasteiger charge is 2.19. The predicted molar refractivity (Wildman–Crippen MR) is 49.9 cm³/mol. The zero-order valence-electron chi connectivity index (χ0n) is 8.03. The van der Waals surface area contributed by atoms with E-state index in [1.54, 1.807) is 26.0 Å². The predicted octanol–water partition coefficient (Wildman–Crippen LogP) is 1.63. The van der Waals surface area contributed by atoms with Gasteiger partial charge in [0.25, 0.3) is 0 Å². The number of rotatable bonds is 2. The minimum Gasteiger partial charge on any atom is -0.507 e. The molecule has 3 nitrogen and oxygen atoms in total. The minimum absolute atomic E-state index is 0.0480. The Hall–Kier alpha value is -1.22. The topological polar surface area (TPSA) is 49.7 Å². The smallest absolute Gasteiger partial charge is 0.125 e. The van der Waals surface area contributed by atoms with Crippen LogP contribution in [0.2, 0.25) is 0 Å². The van der Waals surface area contributed by atoms with Crippen LogP contribution in [0.1, 0.15) is 19.4 Å². The van der Waals surface area contributed by atoms with Crippen LogP contribution in [0.15, 0.2) is 18.2 Å². The van der Waals surface area contributed by atoms with Crippen molar-refractivity contribution in [1.82, 2.24) is 0 Å². The van der Waals surface area contributed by atoms with Crippen molar-refractivity contribution in [1.29, 1.82) is 0 Å². The third-order valence-corrected chi connectivity index (χ3v) is 1.86. The normalized spacial score (nSPS) is 11.4. The minimum atomic E-state index is -1.03. The molecule has 1 rings (SSSR count). The lowest BCUT2D eigenvalue weighted by Gasteiger charge is -2.19. The fourth-order valence-corrected chi connectivity index (χ4v) is 1.16. The monoisotopic (exact) mass is 182 g/mol. The molecule has 0 fully saturated rings. The van der Waals surface area contributed by atoms with E-state index in [9.17, 15) is 10.2 Å². The average Bonchev–Trinajstić information content (AvgIpc) is 2.01. The largest absolute Gasteiger partial charge is 0.507 e. The molecule has 0 atom stereocenters. The number of hydrogen-bond acceptors (Lipinski definition) is 3. The van der Waals surface area contributed by atoms with Crippen LogP contribution in [0, 0.1) is 0 Å². The Labute approximate surface area is 77.6 Å². The first-order valence-electron chi connectivity index (χ1n) is 4.05. The Kier molecular flexibility index (Phi) is 2.48. The Morgan fingerprint density at radius 3 is 2.31 bits per heavy atom. The maximum absolute atomic E-state index is 9.63. The highest BCUT2D eigenvalue weighted by atomic mass is 16.5. The Morgan fingerprint density at radius 2 is 1.92 bits per heavy atom. The standard InChI is InChI=1S/C10H14O3/c1-10(2,12)8-5-4-7(13-3)6-9(8)11/h4-6,11-12H,1-3H3. The molecule has 0 heterocycles. The number of ether oxygens (including phenoxy) is 1. The number of aliphatic hydroxyl groups is 1. The van der Waals surface area contributed by atoms with E-state index in [1.807, 2.05) is 0 Å². The fourth-order valence-electron chi connectivity index (χ4n) is 1.16. The fraction of sp³-hybridized carbons (Fsp3) is 0.400. The van der Waals surface area contributed by atoms with Crippen LogP contribution in [0.25, 0.3) is 0 Å². The molecule has 0 saturated heterocycles.